The maximum atomic E-state index is 6.53. The van der Waals surface area contributed by atoms with Crippen LogP contribution in [-0.4, -0.2) is 26.2 Å². The third kappa shape index (κ3) is 6.66. The maximum absolute atomic E-state index is 6.53. The second-order valence-corrected chi connectivity index (χ2v) is 8.44. The van der Waals surface area contributed by atoms with Gasteiger partial charge in [-0.15, -0.1) is 0 Å². The predicted octanol–water partition coefficient (Wildman–Crippen LogP) is 5.71. The van der Waals surface area contributed by atoms with E-state index in [0.717, 1.165) is 43.2 Å². The van der Waals surface area contributed by atoms with Crippen molar-refractivity contribution in [3.05, 3.63) is 56.5 Å². The Morgan fingerprint density at radius 3 is 2.55 bits per heavy atom. The summed E-state index contributed by atoms with van der Waals surface area (Å²) in [6, 6.07) is 9.25. The summed E-state index contributed by atoms with van der Waals surface area (Å²) < 4.78 is 11.8. The molecule has 0 spiro atoms. The van der Waals surface area contributed by atoms with E-state index < -0.39 is 0 Å². The molecule has 7 heteroatoms. The molecule has 1 fully saturated rings. The molecule has 29 heavy (non-hydrogen) atoms. The number of hydrogen-bond donors (Lipinski definition) is 2. The molecule has 4 nitrogen and oxygen atoms in total. The van der Waals surface area contributed by atoms with Crippen molar-refractivity contribution in [2.45, 2.75) is 32.9 Å². The smallest absolute Gasteiger partial charge is 0.180 e. The number of hydrogen-bond acceptors (Lipinski definition) is 4. The van der Waals surface area contributed by atoms with Gasteiger partial charge in [-0.05, 0) is 75.1 Å². The van der Waals surface area contributed by atoms with Gasteiger partial charge in [0.05, 0.1) is 11.6 Å². The number of rotatable bonds is 9. The highest BCUT2D eigenvalue weighted by Gasteiger charge is 2.15. The van der Waals surface area contributed by atoms with Gasteiger partial charge in [0.15, 0.2) is 11.5 Å². The standard InChI is InChI=1S/C22H27Cl3N2O2/c1-2-28-21-10-16(13-27-12-15-5-7-26-8-6-15)9-20(25)22(21)29-14-17-3-4-18(23)11-19(17)24/h3-4,9-11,15,26-27H,2,5-8,12-14H2,1H3. The average molecular weight is 458 g/mol. The molecule has 1 aliphatic heterocycles. The van der Waals surface area contributed by atoms with Gasteiger partial charge in [0, 0.05) is 22.2 Å². The molecule has 0 bridgehead atoms. The Bertz CT molecular complexity index is 811. The van der Waals surface area contributed by atoms with Crippen molar-refractivity contribution in [1.82, 2.24) is 10.6 Å². The summed E-state index contributed by atoms with van der Waals surface area (Å²) >= 11 is 18.7. The Hall–Kier alpha value is -1.17. The second-order valence-electron chi connectivity index (χ2n) is 7.19. The molecule has 3 rings (SSSR count). The van der Waals surface area contributed by atoms with Crippen LogP contribution in [0.3, 0.4) is 0 Å². The lowest BCUT2D eigenvalue weighted by Gasteiger charge is -2.23. The minimum absolute atomic E-state index is 0.281. The lowest BCUT2D eigenvalue weighted by molar-refractivity contribution is 0.269. The van der Waals surface area contributed by atoms with E-state index in [1.54, 1.807) is 12.1 Å². The minimum Gasteiger partial charge on any atom is -0.490 e. The molecule has 0 amide bonds. The van der Waals surface area contributed by atoms with Gasteiger partial charge in [0.25, 0.3) is 0 Å². The second kappa shape index (κ2) is 11.3. The van der Waals surface area contributed by atoms with E-state index in [4.69, 9.17) is 44.3 Å². The highest BCUT2D eigenvalue weighted by Crippen LogP contribution is 2.37. The zero-order valence-corrected chi connectivity index (χ0v) is 18.8. The van der Waals surface area contributed by atoms with Crippen LogP contribution in [0.4, 0.5) is 0 Å². The predicted molar refractivity (Wildman–Crippen MR) is 121 cm³/mol. The normalized spacial score (nSPS) is 14.8. The molecule has 0 aliphatic carbocycles. The molecule has 0 unspecified atom stereocenters. The molecular formula is C22H27Cl3N2O2. The molecule has 2 N–H and O–H groups in total. The van der Waals surface area contributed by atoms with E-state index in [9.17, 15) is 0 Å². The van der Waals surface area contributed by atoms with Gasteiger partial charge in [-0.25, -0.2) is 0 Å². The van der Waals surface area contributed by atoms with Crippen LogP contribution in [0.1, 0.15) is 30.9 Å². The lowest BCUT2D eigenvalue weighted by atomic mass is 9.98. The molecule has 0 radical (unpaired) electrons. The van der Waals surface area contributed by atoms with Crippen molar-refractivity contribution in [2.24, 2.45) is 5.92 Å². The molecule has 2 aromatic rings. The van der Waals surface area contributed by atoms with E-state index >= 15 is 0 Å². The summed E-state index contributed by atoms with van der Waals surface area (Å²) in [4.78, 5) is 0. The molecular weight excluding hydrogens is 431 g/mol. The lowest BCUT2D eigenvalue weighted by Crippen LogP contribution is -2.33. The number of ether oxygens (including phenoxy) is 2. The third-order valence-electron chi connectivity index (χ3n) is 4.98. The average Bonchev–Trinajstić information content (AvgIpc) is 2.70. The van der Waals surface area contributed by atoms with Gasteiger partial charge in [-0.1, -0.05) is 40.9 Å². The number of halogens is 3. The molecule has 0 saturated carbocycles. The highest BCUT2D eigenvalue weighted by molar-refractivity contribution is 6.35. The van der Waals surface area contributed by atoms with Crippen molar-refractivity contribution in [3.8, 4) is 11.5 Å². The van der Waals surface area contributed by atoms with E-state index in [2.05, 4.69) is 10.6 Å². The van der Waals surface area contributed by atoms with Gasteiger partial charge < -0.3 is 20.1 Å². The van der Waals surface area contributed by atoms with Crippen molar-refractivity contribution < 1.29 is 9.47 Å². The van der Waals surface area contributed by atoms with E-state index in [0.29, 0.717) is 33.2 Å². The summed E-state index contributed by atoms with van der Waals surface area (Å²) in [7, 11) is 0. The van der Waals surface area contributed by atoms with E-state index in [-0.39, 0.29) is 6.61 Å². The van der Waals surface area contributed by atoms with Gasteiger partial charge in [-0.3, -0.25) is 0 Å². The van der Waals surface area contributed by atoms with Gasteiger partial charge in [0.1, 0.15) is 6.61 Å². The van der Waals surface area contributed by atoms with Crippen LogP contribution in [0.2, 0.25) is 15.1 Å². The Balaban J connectivity index is 1.65. The monoisotopic (exact) mass is 456 g/mol. The first-order valence-electron chi connectivity index (χ1n) is 10.00. The highest BCUT2D eigenvalue weighted by atomic mass is 35.5. The number of benzene rings is 2. The summed E-state index contributed by atoms with van der Waals surface area (Å²) in [6.07, 6.45) is 2.44. The summed E-state index contributed by atoms with van der Waals surface area (Å²) in [6.45, 7) is 6.72. The zero-order valence-electron chi connectivity index (χ0n) is 16.6. The van der Waals surface area contributed by atoms with Crippen molar-refractivity contribution in [1.29, 1.82) is 0 Å². The van der Waals surface area contributed by atoms with Crippen molar-refractivity contribution in [2.75, 3.05) is 26.2 Å². The Labute approximate surface area is 187 Å². The number of nitrogens with one attached hydrogen (secondary N) is 2. The van der Waals surface area contributed by atoms with Crippen LogP contribution < -0.4 is 20.1 Å². The fourth-order valence-electron chi connectivity index (χ4n) is 3.42. The van der Waals surface area contributed by atoms with Crippen LogP contribution in [0, 0.1) is 5.92 Å². The minimum atomic E-state index is 0.281. The Morgan fingerprint density at radius 1 is 1.03 bits per heavy atom. The van der Waals surface area contributed by atoms with Crippen LogP contribution in [0.5, 0.6) is 11.5 Å². The largest absolute Gasteiger partial charge is 0.490 e. The molecule has 158 valence electrons. The summed E-state index contributed by atoms with van der Waals surface area (Å²) in [5.74, 6) is 1.90. The molecule has 1 heterocycles. The molecule has 1 saturated heterocycles. The van der Waals surface area contributed by atoms with Crippen LogP contribution >= 0.6 is 34.8 Å². The first-order chi connectivity index (χ1) is 14.1. The van der Waals surface area contributed by atoms with Crippen molar-refractivity contribution >= 4 is 34.8 Å². The first-order valence-corrected chi connectivity index (χ1v) is 11.1. The Morgan fingerprint density at radius 2 is 1.83 bits per heavy atom. The van der Waals surface area contributed by atoms with E-state index in [1.807, 2.05) is 25.1 Å². The molecule has 2 aromatic carbocycles. The first kappa shape index (κ1) is 22.5. The third-order valence-corrected chi connectivity index (χ3v) is 5.84. The topological polar surface area (TPSA) is 42.5 Å². The van der Waals surface area contributed by atoms with Gasteiger partial charge in [0.2, 0.25) is 0 Å². The van der Waals surface area contributed by atoms with Crippen LogP contribution in [0.25, 0.3) is 0 Å². The van der Waals surface area contributed by atoms with Crippen LogP contribution in [-0.2, 0) is 13.2 Å². The fraction of sp³-hybridized carbons (Fsp3) is 0.455. The maximum Gasteiger partial charge on any atom is 0.180 e. The quantitative estimate of drug-likeness (QED) is 0.506. The zero-order chi connectivity index (χ0) is 20.6. The van der Waals surface area contributed by atoms with Crippen LogP contribution in [0.15, 0.2) is 30.3 Å². The van der Waals surface area contributed by atoms with Crippen molar-refractivity contribution in [3.63, 3.8) is 0 Å². The summed E-state index contributed by atoms with van der Waals surface area (Å²) in [5.41, 5.74) is 1.91. The number of piperidine rings is 1. The SMILES string of the molecule is CCOc1cc(CNCC2CCNCC2)cc(Cl)c1OCc1ccc(Cl)cc1Cl. The Kier molecular flexibility index (Phi) is 8.76. The fourth-order valence-corrected chi connectivity index (χ4v) is 4.17. The molecule has 1 aliphatic rings. The van der Waals surface area contributed by atoms with E-state index in [1.165, 1.54) is 12.8 Å². The summed E-state index contributed by atoms with van der Waals surface area (Å²) in [5, 5.41) is 8.62. The molecule has 0 aromatic heterocycles. The molecule has 0 atom stereocenters. The van der Waals surface area contributed by atoms with Gasteiger partial charge in [-0.2, -0.15) is 0 Å². The van der Waals surface area contributed by atoms with Gasteiger partial charge >= 0.3 is 0 Å².